The van der Waals surface area contributed by atoms with Gasteiger partial charge in [0.15, 0.2) is 5.11 Å². The predicted octanol–water partition coefficient (Wildman–Crippen LogP) is 0.959. The topological polar surface area (TPSA) is 95.2 Å². The fourth-order valence-corrected chi connectivity index (χ4v) is 2.15. The molecule has 0 aromatic carbocycles. The van der Waals surface area contributed by atoms with Crippen LogP contribution in [0.3, 0.4) is 0 Å². The lowest BCUT2D eigenvalue weighted by Crippen LogP contribution is -2.25. The van der Waals surface area contributed by atoms with Crippen LogP contribution >= 0.6 is 12.2 Å². The van der Waals surface area contributed by atoms with Crippen LogP contribution in [0, 0.1) is 5.92 Å². The number of hydrogen-bond donors (Lipinski definition) is 2. The third kappa shape index (κ3) is 7.67. The van der Waals surface area contributed by atoms with Gasteiger partial charge >= 0.3 is 5.97 Å². The van der Waals surface area contributed by atoms with Crippen molar-refractivity contribution in [3.8, 4) is 0 Å². The van der Waals surface area contributed by atoms with Crippen molar-refractivity contribution >= 4 is 29.0 Å². The lowest BCUT2D eigenvalue weighted by molar-refractivity contribution is -0.146. The number of thiocarbonyl (C=S) groups is 1. The third-order valence-electron chi connectivity index (χ3n) is 3.04. The minimum Gasteiger partial charge on any atom is -0.460 e. The zero-order chi connectivity index (χ0) is 16.5. The number of nitrogens with two attached hydrogens (primary N) is 1. The van der Waals surface area contributed by atoms with Gasteiger partial charge in [-0.3, -0.25) is 10.2 Å². The van der Waals surface area contributed by atoms with E-state index < -0.39 is 0 Å². The lowest BCUT2D eigenvalue weighted by atomic mass is 9.99. The van der Waals surface area contributed by atoms with E-state index in [1.165, 1.54) is 0 Å². The maximum absolute atomic E-state index is 11.8. The number of nitrogens with zero attached hydrogens (tertiary/aromatic N) is 1. The Balaban J connectivity index is 2.25. The Morgan fingerprint density at radius 2 is 2.27 bits per heavy atom. The summed E-state index contributed by atoms with van der Waals surface area (Å²) in [7, 11) is 0. The average Bonchev–Trinajstić information content (AvgIpc) is 2.76. The number of hydrogen-bond acceptors (Lipinski definition) is 6. The van der Waals surface area contributed by atoms with E-state index in [1.54, 1.807) is 0 Å². The van der Waals surface area contributed by atoms with Gasteiger partial charge < -0.3 is 19.9 Å². The number of rotatable bonds is 9. The molecular weight excluding hydrogens is 306 g/mol. The molecule has 0 spiro atoms. The summed E-state index contributed by atoms with van der Waals surface area (Å²) in [4.78, 5) is 11.8. The largest absolute Gasteiger partial charge is 0.460 e. The summed E-state index contributed by atoms with van der Waals surface area (Å²) in [5.74, 6) is -0.408. The van der Waals surface area contributed by atoms with E-state index in [0.29, 0.717) is 32.7 Å². The van der Waals surface area contributed by atoms with Crippen molar-refractivity contribution in [2.75, 3.05) is 19.8 Å². The first-order chi connectivity index (χ1) is 10.4. The molecule has 1 saturated heterocycles. The zero-order valence-corrected chi connectivity index (χ0v) is 14.1. The van der Waals surface area contributed by atoms with E-state index in [4.69, 9.17) is 19.9 Å². The molecule has 8 heteroatoms. The monoisotopic (exact) mass is 331 g/mol. The van der Waals surface area contributed by atoms with Crippen LogP contribution in [0.15, 0.2) is 5.10 Å². The Morgan fingerprint density at radius 3 is 2.91 bits per heavy atom. The minimum absolute atomic E-state index is 0.100. The molecule has 7 nitrogen and oxygen atoms in total. The molecule has 22 heavy (non-hydrogen) atoms. The van der Waals surface area contributed by atoms with Gasteiger partial charge in [-0.1, -0.05) is 0 Å². The summed E-state index contributed by atoms with van der Waals surface area (Å²) in [6.45, 7) is 7.18. The number of carbonyl (C=O) groups excluding carboxylic acids is 1. The first kappa shape index (κ1) is 18.8. The standard InChI is InChI=1S/C14H25N3O4S/c1-9(2)20-5-4-19-8-12-7-11(13(18)21-12)6-10(3)16-17-14(15)22/h9,11-12H,4-8H2,1-3H3,(H3,15,17,22)/b16-10-/t11-,12-/m0/s1. The molecule has 1 heterocycles. The number of nitrogens with one attached hydrogen (secondary N) is 1. The maximum Gasteiger partial charge on any atom is 0.309 e. The van der Waals surface area contributed by atoms with E-state index in [-0.39, 0.29) is 29.2 Å². The molecule has 0 saturated carbocycles. The second-order valence-corrected chi connectivity index (χ2v) is 5.95. The molecule has 0 unspecified atom stereocenters. The summed E-state index contributed by atoms with van der Waals surface area (Å²) >= 11 is 4.66. The summed E-state index contributed by atoms with van der Waals surface area (Å²) in [5.41, 5.74) is 8.55. The summed E-state index contributed by atoms with van der Waals surface area (Å²) in [6, 6.07) is 0. The molecule has 1 fully saturated rings. The summed E-state index contributed by atoms with van der Waals surface area (Å²) in [6.07, 6.45) is 1.13. The minimum atomic E-state index is -0.211. The third-order valence-corrected chi connectivity index (χ3v) is 3.14. The quantitative estimate of drug-likeness (QED) is 0.214. The van der Waals surface area contributed by atoms with Crippen molar-refractivity contribution in [3.05, 3.63) is 0 Å². The van der Waals surface area contributed by atoms with Crippen LogP contribution in [0.2, 0.25) is 0 Å². The molecule has 0 aromatic heterocycles. The van der Waals surface area contributed by atoms with E-state index in [9.17, 15) is 4.79 Å². The number of hydrazone groups is 1. The molecule has 126 valence electrons. The van der Waals surface area contributed by atoms with Crippen LogP contribution < -0.4 is 11.2 Å². The Bertz CT molecular complexity index is 415. The second kappa shape index (κ2) is 9.70. The van der Waals surface area contributed by atoms with Gasteiger partial charge in [0.25, 0.3) is 0 Å². The number of carbonyl (C=O) groups is 1. The van der Waals surface area contributed by atoms with E-state index in [1.807, 2.05) is 20.8 Å². The normalized spacial score (nSPS) is 22.0. The molecule has 2 atom stereocenters. The Hall–Kier alpha value is -1.25. The molecule has 0 bridgehead atoms. The number of esters is 1. The van der Waals surface area contributed by atoms with E-state index in [2.05, 4.69) is 22.7 Å². The van der Waals surface area contributed by atoms with Crippen molar-refractivity contribution < 1.29 is 19.0 Å². The smallest absolute Gasteiger partial charge is 0.309 e. The summed E-state index contributed by atoms with van der Waals surface area (Å²) in [5, 5.41) is 4.09. The molecule has 0 radical (unpaired) electrons. The molecule has 0 aliphatic carbocycles. The van der Waals surface area contributed by atoms with Gasteiger partial charge in [-0.25, -0.2) is 0 Å². The van der Waals surface area contributed by atoms with Crippen molar-refractivity contribution in [1.29, 1.82) is 0 Å². The van der Waals surface area contributed by atoms with Gasteiger partial charge in [0.2, 0.25) is 0 Å². The molecule has 1 aliphatic heterocycles. The highest BCUT2D eigenvalue weighted by Crippen LogP contribution is 2.24. The molecule has 1 aliphatic rings. The molecule has 3 N–H and O–H groups in total. The molecular formula is C14H25N3O4S. The van der Waals surface area contributed by atoms with Gasteiger partial charge in [0.1, 0.15) is 6.10 Å². The highest BCUT2D eigenvalue weighted by molar-refractivity contribution is 7.80. The fourth-order valence-electron chi connectivity index (χ4n) is 2.10. The Kier molecular flexibility index (Phi) is 8.29. The first-order valence-electron chi connectivity index (χ1n) is 7.37. The van der Waals surface area contributed by atoms with Crippen LogP contribution in [0.1, 0.15) is 33.6 Å². The predicted molar refractivity (Wildman–Crippen MR) is 87.5 cm³/mol. The Labute approximate surface area is 136 Å². The fraction of sp³-hybridized carbons (Fsp3) is 0.786. The van der Waals surface area contributed by atoms with Crippen LogP contribution in [0.25, 0.3) is 0 Å². The van der Waals surface area contributed by atoms with Crippen LogP contribution in [0.4, 0.5) is 0 Å². The van der Waals surface area contributed by atoms with Gasteiger partial charge in [0, 0.05) is 18.6 Å². The van der Waals surface area contributed by atoms with Gasteiger partial charge in [-0.15, -0.1) is 0 Å². The van der Waals surface area contributed by atoms with E-state index >= 15 is 0 Å². The van der Waals surface area contributed by atoms with Crippen LogP contribution in [-0.4, -0.2) is 48.8 Å². The van der Waals surface area contributed by atoms with Crippen molar-refractivity contribution in [1.82, 2.24) is 5.43 Å². The van der Waals surface area contributed by atoms with Crippen molar-refractivity contribution in [2.45, 2.75) is 45.8 Å². The SMILES string of the molecule is C/C(C[C@H]1C[C@@H](COCCOC(C)C)OC1=O)=N/NC(N)=S. The first-order valence-corrected chi connectivity index (χ1v) is 7.77. The molecule has 0 aromatic rings. The average molecular weight is 331 g/mol. The molecule has 1 rings (SSSR count). The van der Waals surface area contributed by atoms with Crippen LogP contribution in [0.5, 0.6) is 0 Å². The number of cyclic esters (lactones) is 1. The Morgan fingerprint density at radius 1 is 1.55 bits per heavy atom. The van der Waals surface area contributed by atoms with Crippen molar-refractivity contribution in [2.24, 2.45) is 16.8 Å². The van der Waals surface area contributed by atoms with Crippen LogP contribution in [-0.2, 0) is 19.0 Å². The summed E-state index contributed by atoms with van der Waals surface area (Å²) < 4.78 is 16.1. The molecule has 0 amide bonds. The highest BCUT2D eigenvalue weighted by atomic mass is 32.1. The van der Waals surface area contributed by atoms with E-state index in [0.717, 1.165) is 5.71 Å². The lowest BCUT2D eigenvalue weighted by Gasteiger charge is -2.11. The highest BCUT2D eigenvalue weighted by Gasteiger charge is 2.34. The van der Waals surface area contributed by atoms with Gasteiger partial charge in [-0.05, 0) is 33.0 Å². The zero-order valence-electron chi connectivity index (χ0n) is 13.3. The second-order valence-electron chi connectivity index (χ2n) is 5.51. The van der Waals surface area contributed by atoms with Crippen molar-refractivity contribution in [3.63, 3.8) is 0 Å². The number of ether oxygens (including phenoxy) is 3. The van der Waals surface area contributed by atoms with Gasteiger partial charge in [-0.2, -0.15) is 5.10 Å². The maximum atomic E-state index is 11.8. The van der Waals surface area contributed by atoms with Gasteiger partial charge in [0.05, 0.1) is 31.8 Å².